The van der Waals surface area contributed by atoms with Crippen LogP contribution in [0.25, 0.3) is 0 Å². The molecule has 0 aliphatic rings. The van der Waals surface area contributed by atoms with E-state index in [1.54, 1.807) is 12.1 Å². The first-order valence-electron chi connectivity index (χ1n) is 2.92. The maximum absolute atomic E-state index is 10.8. The summed E-state index contributed by atoms with van der Waals surface area (Å²) in [7, 11) is 0. The molecule has 0 N–H and O–H groups in total. The molecule has 1 amide bonds. The van der Waals surface area contributed by atoms with Crippen LogP contribution in [0.5, 0.6) is 0 Å². The molecule has 1 heterocycles. The molecule has 1 aromatic heterocycles. The van der Waals surface area contributed by atoms with Crippen LogP contribution in [0.15, 0.2) is 17.1 Å². The van der Waals surface area contributed by atoms with Crippen molar-refractivity contribution >= 4 is 23.3 Å². The zero-order chi connectivity index (χ0) is 8.27. The summed E-state index contributed by atoms with van der Waals surface area (Å²) < 4.78 is 0. The number of nitrogens with zero attached hydrogens (tertiary/aromatic N) is 1. The topological polar surface area (TPSA) is 46.5 Å². The Bertz CT molecular complexity index is 323. The minimum absolute atomic E-state index is 0.478. The van der Waals surface area contributed by atoms with Gasteiger partial charge in [0, 0.05) is 4.88 Å². The molecule has 1 rings (SSSR count). The smallest absolute Gasteiger partial charge is 0.265 e. The maximum atomic E-state index is 10.8. The monoisotopic (exact) mass is 167 g/mol. The molecule has 0 saturated heterocycles. The Morgan fingerprint density at radius 3 is 2.82 bits per heavy atom. The van der Waals surface area contributed by atoms with Gasteiger partial charge in [-0.3, -0.25) is 4.79 Å². The van der Waals surface area contributed by atoms with E-state index in [1.165, 1.54) is 17.4 Å². The SMILES string of the molecule is Cc1ccc(C(=O)N=C=O)s1. The number of carbonyl (C=O) groups is 1. The number of aryl methyl sites for hydroxylation is 1. The molecule has 1 aromatic rings. The molecule has 3 nitrogen and oxygen atoms in total. The van der Waals surface area contributed by atoms with Crippen LogP contribution in [-0.4, -0.2) is 12.0 Å². The van der Waals surface area contributed by atoms with E-state index in [-0.39, 0.29) is 0 Å². The third-order valence-electron chi connectivity index (χ3n) is 1.10. The van der Waals surface area contributed by atoms with Gasteiger partial charge in [0.25, 0.3) is 5.91 Å². The molecule has 0 fully saturated rings. The lowest BCUT2D eigenvalue weighted by Gasteiger charge is -1.81. The van der Waals surface area contributed by atoms with E-state index in [4.69, 9.17) is 0 Å². The first-order valence-corrected chi connectivity index (χ1v) is 3.74. The molecule has 11 heavy (non-hydrogen) atoms. The fourth-order valence-corrected chi connectivity index (χ4v) is 1.40. The molecule has 56 valence electrons. The van der Waals surface area contributed by atoms with Crippen LogP contribution in [0.3, 0.4) is 0 Å². The van der Waals surface area contributed by atoms with E-state index in [0.29, 0.717) is 4.88 Å². The van der Waals surface area contributed by atoms with Gasteiger partial charge in [-0.2, -0.15) is 0 Å². The van der Waals surface area contributed by atoms with Crippen molar-refractivity contribution in [1.29, 1.82) is 0 Å². The van der Waals surface area contributed by atoms with Crippen LogP contribution < -0.4 is 0 Å². The Kier molecular flexibility index (Phi) is 2.31. The standard InChI is InChI=1S/C7H5NO2S/c1-5-2-3-6(11-5)7(10)8-4-9/h2-3H,1H3. The van der Waals surface area contributed by atoms with Gasteiger partial charge in [0.1, 0.15) is 0 Å². The third-order valence-corrected chi connectivity index (χ3v) is 2.09. The van der Waals surface area contributed by atoms with Gasteiger partial charge in [-0.15, -0.1) is 16.3 Å². The molecule has 0 radical (unpaired) electrons. The number of amides is 1. The zero-order valence-corrected chi connectivity index (χ0v) is 6.64. The Hall–Kier alpha value is -1.25. The number of aliphatic imine (C=N–C) groups is 1. The molecule has 0 aliphatic heterocycles. The Balaban J connectivity index is 2.93. The molecule has 0 bridgehead atoms. The molecule has 0 aliphatic carbocycles. The van der Waals surface area contributed by atoms with Gasteiger partial charge in [0.05, 0.1) is 4.88 Å². The average molecular weight is 167 g/mol. The number of thiophene rings is 1. The van der Waals surface area contributed by atoms with Crippen molar-refractivity contribution < 1.29 is 9.59 Å². The second kappa shape index (κ2) is 3.23. The average Bonchev–Trinajstić information content (AvgIpc) is 2.36. The van der Waals surface area contributed by atoms with E-state index >= 15 is 0 Å². The zero-order valence-electron chi connectivity index (χ0n) is 5.83. The predicted octanol–water partition coefficient (Wildman–Crippen LogP) is 1.53. The van der Waals surface area contributed by atoms with Gasteiger partial charge in [0.2, 0.25) is 6.08 Å². The summed E-state index contributed by atoms with van der Waals surface area (Å²) in [6.45, 7) is 1.88. The lowest BCUT2D eigenvalue weighted by Crippen LogP contribution is -1.87. The van der Waals surface area contributed by atoms with Crippen molar-refractivity contribution in [3.63, 3.8) is 0 Å². The third kappa shape index (κ3) is 1.83. The quantitative estimate of drug-likeness (QED) is 0.470. The van der Waals surface area contributed by atoms with E-state index in [9.17, 15) is 9.59 Å². The van der Waals surface area contributed by atoms with Gasteiger partial charge >= 0.3 is 0 Å². The van der Waals surface area contributed by atoms with Crippen molar-refractivity contribution in [2.45, 2.75) is 6.92 Å². The second-order valence-corrected chi connectivity index (χ2v) is 3.21. The largest absolute Gasteiger partial charge is 0.297 e. The molecule has 0 aromatic carbocycles. The fourth-order valence-electron chi connectivity index (χ4n) is 0.646. The minimum Gasteiger partial charge on any atom is -0.265 e. The van der Waals surface area contributed by atoms with E-state index in [2.05, 4.69) is 4.99 Å². The number of isocyanates is 1. The first kappa shape index (κ1) is 7.85. The van der Waals surface area contributed by atoms with Crippen molar-refractivity contribution in [3.8, 4) is 0 Å². The minimum atomic E-state index is -0.516. The highest BCUT2D eigenvalue weighted by atomic mass is 32.1. The molecule has 0 atom stereocenters. The summed E-state index contributed by atoms with van der Waals surface area (Å²) in [5.74, 6) is -0.516. The Labute approximate surface area is 67.4 Å². The van der Waals surface area contributed by atoms with Gasteiger partial charge in [0.15, 0.2) is 0 Å². The molecule has 0 saturated carbocycles. The highest BCUT2D eigenvalue weighted by Crippen LogP contribution is 2.15. The van der Waals surface area contributed by atoms with Gasteiger partial charge in [-0.05, 0) is 19.1 Å². The van der Waals surface area contributed by atoms with Crippen molar-refractivity contribution in [2.24, 2.45) is 4.99 Å². The number of hydrogen-bond acceptors (Lipinski definition) is 3. The Morgan fingerprint density at radius 2 is 2.36 bits per heavy atom. The van der Waals surface area contributed by atoms with E-state index in [0.717, 1.165) is 4.88 Å². The lowest BCUT2D eigenvalue weighted by molar-refractivity contribution is 0.101. The maximum Gasteiger partial charge on any atom is 0.297 e. The molecule has 0 spiro atoms. The van der Waals surface area contributed by atoms with Crippen molar-refractivity contribution in [1.82, 2.24) is 0 Å². The van der Waals surface area contributed by atoms with Gasteiger partial charge in [-0.1, -0.05) is 0 Å². The van der Waals surface area contributed by atoms with Crippen LogP contribution in [-0.2, 0) is 4.79 Å². The Morgan fingerprint density at radius 1 is 1.64 bits per heavy atom. The summed E-state index contributed by atoms with van der Waals surface area (Å²) in [6.07, 6.45) is 1.21. The van der Waals surface area contributed by atoms with Gasteiger partial charge < -0.3 is 0 Å². The van der Waals surface area contributed by atoms with Gasteiger partial charge in [-0.25, -0.2) is 4.79 Å². The highest BCUT2D eigenvalue weighted by Gasteiger charge is 2.04. The lowest BCUT2D eigenvalue weighted by atomic mass is 10.4. The van der Waals surface area contributed by atoms with E-state index in [1.807, 2.05) is 6.92 Å². The normalized spacial score (nSPS) is 8.82. The van der Waals surface area contributed by atoms with Crippen LogP contribution in [0, 0.1) is 6.92 Å². The second-order valence-electron chi connectivity index (χ2n) is 1.92. The summed E-state index contributed by atoms with van der Waals surface area (Å²) in [5.41, 5.74) is 0. The summed E-state index contributed by atoms with van der Waals surface area (Å²) in [4.78, 5) is 25.0. The number of carbonyl (C=O) groups excluding carboxylic acids is 2. The predicted molar refractivity (Wildman–Crippen MR) is 41.5 cm³/mol. The number of hydrogen-bond donors (Lipinski definition) is 0. The number of rotatable bonds is 1. The molecule has 0 unspecified atom stereocenters. The molecule has 4 heteroatoms. The summed E-state index contributed by atoms with van der Waals surface area (Å²) >= 11 is 1.31. The fraction of sp³-hybridized carbons (Fsp3) is 0.143. The first-order chi connectivity index (χ1) is 5.24. The van der Waals surface area contributed by atoms with Crippen molar-refractivity contribution in [2.75, 3.05) is 0 Å². The molecular formula is C7H5NO2S. The highest BCUT2D eigenvalue weighted by molar-refractivity contribution is 7.13. The van der Waals surface area contributed by atoms with Crippen LogP contribution in [0.2, 0.25) is 0 Å². The van der Waals surface area contributed by atoms with Crippen LogP contribution in [0.4, 0.5) is 0 Å². The summed E-state index contributed by atoms with van der Waals surface area (Å²) in [5, 5.41) is 0. The summed E-state index contributed by atoms with van der Waals surface area (Å²) in [6, 6.07) is 3.45. The van der Waals surface area contributed by atoms with Crippen molar-refractivity contribution in [3.05, 3.63) is 21.9 Å². The van der Waals surface area contributed by atoms with Crippen LogP contribution in [0.1, 0.15) is 14.5 Å². The molecular weight excluding hydrogens is 162 g/mol. The van der Waals surface area contributed by atoms with Crippen LogP contribution >= 0.6 is 11.3 Å². The van der Waals surface area contributed by atoms with E-state index < -0.39 is 5.91 Å².